The fraction of sp³-hybridized carbons (Fsp3) is 0.348. The fourth-order valence-electron chi connectivity index (χ4n) is 4.08. The normalized spacial score (nSPS) is 17.0. The van der Waals surface area contributed by atoms with Gasteiger partial charge in [0.2, 0.25) is 11.8 Å². The van der Waals surface area contributed by atoms with E-state index in [2.05, 4.69) is 10.6 Å². The lowest BCUT2D eigenvalue weighted by atomic mass is 9.89. The van der Waals surface area contributed by atoms with Gasteiger partial charge in [-0.2, -0.15) is 0 Å². The molecule has 0 unspecified atom stereocenters. The van der Waals surface area contributed by atoms with Crippen molar-refractivity contribution in [1.82, 2.24) is 10.6 Å². The maximum absolute atomic E-state index is 12.2. The molecule has 0 saturated carbocycles. The maximum atomic E-state index is 12.2. The predicted molar refractivity (Wildman–Crippen MR) is 126 cm³/mol. The lowest BCUT2D eigenvalue weighted by Gasteiger charge is -2.39. The molecular weight excluding hydrogens is 432 g/mol. The van der Waals surface area contributed by atoms with Crippen LogP contribution in [-0.4, -0.2) is 42.1 Å². The molecule has 0 saturated heterocycles. The molecule has 32 heavy (non-hydrogen) atoms. The molecule has 1 heterocycles. The largest absolute Gasteiger partial charge is 0.465 e. The van der Waals surface area contributed by atoms with E-state index in [1.54, 1.807) is 4.90 Å². The van der Waals surface area contributed by atoms with Crippen molar-refractivity contribution < 1.29 is 19.5 Å². The van der Waals surface area contributed by atoms with Gasteiger partial charge in [0.1, 0.15) is 0 Å². The van der Waals surface area contributed by atoms with Gasteiger partial charge in [0.15, 0.2) is 0 Å². The zero-order valence-corrected chi connectivity index (χ0v) is 18.9. The highest BCUT2D eigenvalue weighted by Gasteiger charge is 2.33. The van der Waals surface area contributed by atoms with E-state index in [0.29, 0.717) is 19.5 Å². The van der Waals surface area contributed by atoms with Crippen LogP contribution in [-0.2, 0) is 16.0 Å². The summed E-state index contributed by atoms with van der Waals surface area (Å²) in [5.74, 6) is -0.152. The Balaban J connectivity index is 0.00000363. The Hall–Kier alpha value is -3.10. The van der Waals surface area contributed by atoms with E-state index in [0.717, 1.165) is 27.9 Å². The number of carbonyl (C=O) groups excluding carboxylic acids is 2. The van der Waals surface area contributed by atoms with Gasteiger partial charge in [0.05, 0.1) is 12.5 Å². The molecule has 5 N–H and O–H groups in total. The summed E-state index contributed by atoms with van der Waals surface area (Å²) in [5, 5.41) is 14.6. The molecule has 1 aliphatic heterocycles. The predicted octanol–water partition coefficient (Wildman–Crippen LogP) is 2.85. The number of hydrogen-bond acceptors (Lipinski definition) is 4. The Morgan fingerprint density at radius 2 is 1.78 bits per heavy atom. The summed E-state index contributed by atoms with van der Waals surface area (Å²) in [6.45, 7) is 4.28. The van der Waals surface area contributed by atoms with Crippen molar-refractivity contribution in [1.29, 1.82) is 0 Å². The Bertz CT molecular complexity index is 980. The standard InChI is InChI=1S/C23H28N4O4.ClH/c1-14-11-20(26-23(30)31)19-13-18(7-8-21(19)27(14)15(2)28)17-5-3-16(4-6-17)12-22(29)25-10-9-24;/h3-8,13-14,20,26H,9-12,24H2,1-2H3,(H,25,29)(H,30,31);1H/t14-,20+;/m0./s1. The first-order chi connectivity index (χ1) is 14.8. The Kier molecular flexibility index (Phi) is 8.63. The van der Waals surface area contributed by atoms with Crippen molar-refractivity contribution in [3.05, 3.63) is 53.6 Å². The van der Waals surface area contributed by atoms with Crippen LogP contribution in [0.2, 0.25) is 0 Å². The summed E-state index contributed by atoms with van der Waals surface area (Å²) in [6.07, 6.45) is -0.318. The van der Waals surface area contributed by atoms with Crippen molar-refractivity contribution in [3.63, 3.8) is 0 Å². The second kappa shape index (κ2) is 11.0. The summed E-state index contributed by atoms with van der Waals surface area (Å²) in [4.78, 5) is 37.1. The topological polar surface area (TPSA) is 125 Å². The summed E-state index contributed by atoms with van der Waals surface area (Å²) >= 11 is 0. The molecule has 172 valence electrons. The van der Waals surface area contributed by atoms with Crippen LogP contribution in [0.1, 0.15) is 37.4 Å². The third-order valence-corrected chi connectivity index (χ3v) is 5.44. The molecule has 1 aliphatic rings. The number of halogens is 1. The zero-order chi connectivity index (χ0) is 22.5. The smallest absolute Gasteiger partial charge is 0.405 e. The highest BCUT2D eigenvalue weighted by atomic mass is 35.5. The van der Waals surface area contributed by atoms with Crippen molar-refractivity contribution in [2.45, 2.75) is 38.8 Å². The zero-order valence-electron chi connectivity index (χ0n) is 18.1. The van der Waals surface area contributed by atoms with E-state index in [4.69, 9.17) is 5.73 Å². The number of nitrogens with zero attached hydrogens (tertiary/aromatic N) is 1. The minimum Gasteiger partial charge on any atom is -0.465 e. The average Bonchev–Trinajstić information content (AvgIpc) is 2.72. The lowest BCUT2D eigenvalue weighted by Crippen LogP contribution is -2.45. The van der Waals surface area contributed by atoms with E-state index in [-0.39, 0.29) is 36.7 Å². The summed E-state index contributed by atoms with van der Waals surface area (Å²) in [5.41, 5.74) is 9.64. The van der Waals surface area contributed by atoms with Crippen molar-refractivity contribution in [2.75, 3.05) is 18.0 Å². The molecule has 8 nitrogen and oxygen atoms in total. The molecule has 0 spiro atoms. The fourth-order valence-corrected chi connectivity index (χ4v) is 4.08. The van der Waals surface area contributed by atoms with Gasteiger partial charge in [-0.15, -0.1) is 12.4 Å². The van der Waals surface area contributed by atoms with Crippen LogP contribution in [0.15, 0.2) is 42.5 Å². The number of amides is 3. The van der Waals surface area contributed by atoms with E-state index in [9.17, 15) is 19.5 Å². The van der Waals surface area contributed by atoms with Crippen LogP contribution in [0.3, 0.4) is 0 Å². The quantitative estimate of drug-likeness (QED) is 0.527. The van der Waals surface area contributed by atoms with E-state index < -0.39 is 12.1 Å². The minimum atomic E-state index is -1.10. The Morgan fingerprint density at radius 3 is 2.38 bits per heavy atom. The molecular formula is C23H29ClN4O4. The van der Waals surface area contributed by atoms with Crippen LogP contribution in [0, 0.1) is 0 Å². The van der Waals surface area contributed by atoms with Crippen LogP contribution in [0.5, 0.6) is 0 Å². The molecule has 9 heteroatoms. The average molecular weight is 461 g/mol. The number of fused-ring (bicyclic) bond motifs is 1. The molecule has 0 radical (unpaired) electrons. The van der Waals surface area contributed by atoms with E-state index in [1.807, 2.05) is 49.4 Å². The summed E-state index contributed by atoms with van der Waals surface area (Å²) < 4.78 is 0. The number of nitrogens with two attached hydrogens (primary N) is 1. The van der Waals surface area contributed by atoms with Crippen LogP contribution < -0.4 is 21.3 Å². The van der Waals surface area contributed by atoms with Gasteiger partial charge in [-0.05, 0) is 47.7 Å². The molecule has 3 rings (SSSR count). The number of hydrogen-bond donors (Lipinski definition) is 4. The molecule has 0 fully saturated rings. The van der Waals surface area contributed by atoms with E-state index >= 15 is 0 Å². The molecule has 3 amide bonds. The minimum absolute atomic E-state index is 0. The number of carbonyl (C=O) groups is 3. The Morgan fingerprint density at radius 1 is 1.12 bits per heavy atom. The first kappa shape index (κ1) is 25.2. The van der Waals surface area contributed by atoms with Gasteiger partial charge in [-0.25, -0.2) is 4.79 Å². The number of nitrogens with one attached hydrogen (secondary N) is 2. The highest BCUT2D eigenvalue weighted by Crippen LogP contribution is 2.39. The highest BCUT2D eigenvalue weighted by molar-refractivity contribution is 5.94. The molecule has 2 atom stereocenters. The van der Waals surface area contributed by atoms with Crippen LogP contribution in [0.4, 0.5) is 10.5 Å². The first-order valence-electron chi connectivity index (χ1n) is 10.3. The van der Waals surface area contributed by atoms with Crippen molar-refractivity contribution in [2.24, 2.45) is 5.73 Å². The number of carboxylic acid groups (broad SMARTS) is 1. The van der Waals surface area contributed by atoms with E-state index in [1.165, 1.54) is 6.92 Å². The van der Waals surface area contributed by atoms with Crippen molar-refractivity contribution in [3.8, 4) is 11.1 Å². The monoisotopic (exact) mass is 460 g/mol. The first-order valence-corrected chi connectivity index (χ1v) is 10.3. The molecule has 2 aromatic rings. The molecule has 2 aromatic carbocycles. The SMILES string of the molecule is CC(=O)N1c2ccc(-c3ccc(CC(=O)NCCN)cc3)cc2[C@H](NC(=O)O)C[C@@H]1C.Cl. The molecule has 0 aliphatic carbocycles. The third kappa shape index (κ3) is 5.77. The summed E-state index contributed by atoms with van der Waals surface area (Å²) in [6, 6.07) is 12.9. The van der Waals surface area contributed by atoms with Gasteiger partial charge in [0, 0.05) is 31.7 Å². The third-order valence-electron chi connectivity index (χ3n) is 5.44. The number of benzene rings is 2. The number of rotatable bonds is 6. The van der Waals surface area contributed by atoms with Gasteiger partial charge in [-0.3, -0.25) is 9.59 Å². The van der Waals surface area contributed by atoms with Gasteiger partial charge >= 0.3 is 6.09 Å². The van der Waals surface area contributed by atoms with Gasteiger partial charge in [-0.1, -0.05) is 30.3 Å². The van der Waals surface area contributed by atoms with Crippen LogP contribution >= 0.6 is 12.4 Å². The van der Waals surface area contributed by atoms with Crippen molar-refractivity contribution >= 4 is 36.0 Å². The summed E-state index contributed by atoms with van der Waals surface area (Å²) in [7, 11) is 0. The van der Waals surface area contributed by atoms with Gasteiger partial charge < -0.3 is 26.4 Å². The molecule has 0 aromatic heterocycles. The number of anilines is 1. The second-order valence-electron chi connectivity index (χ2n) is 7.76. The van der Waals surface area contributed by atoms with Crippen LogP contribution in [0.25, 0.3) is 11.1 Å². The second-order valence-corrected chi connectivity index (χ2v) is 7.76. The molecule has 0 bridgehead atoms. The maximum Gasteiger partial charge on any atom is 0.405 e. The Labute approximate surface area is 193 Å². The van der Waals surface area contributed by atoms with Gasteiger partial charge in [0.25, 0.3) is 0 Å². The lowest BCUT2D eigenvalue weighted by molar-refractivity contribution is -0.120.